The van der Waals surface area contributed by atoms with E-state index in [-0.39, 0.29) is 29.5 Å². The highest BCUT2D eigenvalue weighted by atomic mass is 35.5. The van der Waals surface area contributed by atoms with E-state index >= 15 is 0 Å². The normalized spacial score (nSPS) is 11.8. The average Bonchev–Trinajstić information content (AvgIpc) is 3.03. The number of aryl methyl sites for hydroxylation is 1. The van der Waals surface area contributed by atoms with Gasteiger partial charge in [-0.3, -0.25) is 13.9 Å². The van der Waals surface area contributed by atoms with Crippen molar-refractivity contribution < 1.29 is 22.7 Å². The Morgan fingerprint density at radius 3 is 2.14 bits per heavy atom. The van der Waals surface area contributed by atoms with Crippen LogP contribution in [0.5, 0.6) is 5.75 Å². The Labute approximate surface area is 264 Å². The fourth-order valence-corrected chi connectivity index (χ4v) is 6.38. The number of halogens is 1. The minimum absolute atomic E-state index is 0.00578. The highest BCUT2D eigenvalue weighted by molar-refractivity contribution is 7.92. The summed E-state index contributed by atoms with van der Waals surface area (Å²) in [6.45, 7) is 3.46. The molecule has 230 valence electrons. The van der Waals surface area contributed by atoms with Crippen LogP contribution in [-0.4, -0.2) is 51.4 Å². The third kappa shape index (κ3) is 7.98. The number of nitrogens with zero attached hydrogens (tertiary/aromatic N) is 2. The number of carbonyl (C=O) groups is 2. The molecule has 0 saturated heterocycles. The summed E-state index contributed by atoms with van der Waals surface area (Å²) in [6, 6.07) is 28.4. The maximum absolute atomic E-state index is 14.4. The molecule has 0 bridgehead atoms. The minimum Gasteiger partial charge on any atom is -0.497 e. The molecule has 4 rings (SSSR count). The summed E-state index contributed by atoms with van der Waals surface area (Å²) in [4.78, 5) is 29.4. The Morgan fingerprint density at radius 1 is 0.886 bits per heavy atom. The van der Waals surface area contributed by atoms with Crippen molar-refractivity contribution in [1.82, 2.24) is 10.2 Å². The number of ether oxygens (including phenoxy) is 1. The number of benzene rings is 4. The van der Waals surface area contributed by atoms with Crippen LogP contribution in [0.15, 0.2) is 108 Å². The molecule has 1 N–H and O–H groups in total. The second kappa shape index (κ2) is 14.9. The molecule has 0 aliphatic rings. The van der Waals surface area contributed by atoms with Crippen LogP contribution in [-0.2, 0) is 32.6 Å². The van der Waals surface area contributed by atoms with Crippen molar-refractivity contribution in [2.24, 2.45) is 0 Å². The first kappa shape index (κ1) is 32.6. The number of rotatable bonds is 13. The molecule has 0 fully saturated rings. The summed E-state index contributed by atoms with van der Waals surface area (Å²) in [7, 11) is -2.68. The summed E-state index contributed by atoms with van der Waals surface area (Å²) in [6.07, 6.45) is 0.218. The summed E-state index contributed by atoms with van der Waals surface area (Å²) in [5.74, 6) is -0.384. The molecule has 0 heterocycles. The summed E-state index contributed by atoms with van der Waals surface area (Å²) in [5, 5.41) is 3.28. The van der Waals surface area contributed by atoms with Crippen LogP contribution in [0.2, 0.25) is 5.02 Å². The lowest BCUT2D eigenvalue weighted by molar-refractivity contribution is -0.140. The first-order valence-electron chi connectivity index (χ1n) is 14.2. The lowest BCUT2D eigenvalue weighted by atomic mass is 10.0. The van der Waals surface area contributed by atoms with E-state index in [0.717, 1.165) is 15.4 Å². The lowest BCUT2D eigenvalue weighted by Gasteiger charge is -2.34. The van der Waals surface area contributed by atoms with E-state index in [1.54, 1.807) is 67.6 Å². The number of sulfonamides is 1. The number of methoxy groups -OCH3 is 1. The van der Waals surface area contributed by atoms with Gasteiger partial charge in [0.05, 0.1) is 17.7 Å². The second-order valence-electron chi connectivity index (χ2n) is 10.2. The number of likely N-dealkylation sites (N-methyl/N-ethyl adjacent to an activating group) is 1. The zero-order chi connectivity index (χ0) is 31.7. The monoisotopic (exact) mass is 633 g/mol. The second-order valence-corrected chi connectivity index (χ2v) is 12.5. The van der Waals surface area contributed by atoms with Crippen molar-refractivity contribution in [1.29, 1.82) is 0 Å². The number of nitrogens with one attached hydrogen (secondary N) is 1. The molecule has 0 unspecified atom stereocenters. The number of hydrogen-bond acceptors (Lipinski definition) is 5. The molecular weight excluding hydrogens is 598 g/mol. The first-order valence-corrected chi connectivity index (χ1v) is 16.0. The predicted octanol–water partition coefficient (Wildman–Crippen LogP) is 5.63. The molecule has 0 aromatic heterocycles. The molecular formula is C34H36ClN3O5S. The third-order valence-corrected chi connectivity index (χ3v) is 9.33. The zero-order valence-electron chi connectivity index (χ0n) is 24.9. The molecule has 44 heavy (non-hydrogen) atoms. The van der Waals surface area contributed by atoms with Gasteiger partial charge in [-0.1, -0.05) is 77.8 Å². The lowest BCUT2D eigenvalue weighted by Crippen LogP contribution is -2.53. The first-order chi connectivity index (χ1) is 21.1. The highest BCUT2D eigenvalue weighted by Crippen LogP contribution is 2.27. The molecule has 0 aliphatic carbocycles. The van der Waals surface area contributed by atoms with E-state index in [1.165, 1.54) is 24.1 Å². The summed E-state index contributed by atoms with van der Waals surface area (Å²) >= 11 is 6.52. The Morgan fingerprint density at radius 2 is 1.52 bits per heavy atom. The smallest absolute Gasteiger partial charge is 0.264 e. The Bertz CT molecular complexity index is 1660. The van der Waals surface area contributed by atoms with Gasteiger partial charge in [0.2, 0.25) is 11.8 Å². The Balaban J connectivity index is 1.80. The number of hydrogen-bond donors (Lipinski definition) is 1. The van der Waals surface area contributed by atoms with Gasteiger partial charge in [0, 0.05) is 24.5 Å². The molecule has 0 saturated carbocycles. The molecule has 10 heteroatoms. The van der Waals surface area contributed by atoms with Crippen molar-refractivity contribution in [2.75, 3.05) is 24.5 Å². The topological polar surface area (TPSA) is 96.0 Å². The molecule has 1 atom stereocenters. The molecule has 2 amide bonds. The summed E-state index contributed by atoms with van der Waals surface area (Å²) in [5.41, 5.74) is 2.64. The van der Waals surface area contributed by atoms with E-state index in [4.69, 9.17) is 16.3 Å². The van der Waals surface area contributed by atoms with Gasteiger partial charge in [-0.2, -0.15) is 0 Å². The van der Waals surface area contributed by atoms with Crippen molar-refractivity contribution in [3.05, 3.63) is 125 Å². The largest absolute Gasteiger partial charge is 0.497 e. The highest BCUT2D eigenvalue weighted by Gasteiger charge is 2.34. The van der Waals surface area contributed by atoms with Gasteiger partial charge in [-0.25, -0.2) is 8.42 Å². The van der Waals surface area contributed by atoms with E-state index in [9.17, 15) is 18.0 Å². The van der Waals surface area contributed by atoms with Crippen molar-refractivity contribution in [3.8, 4) is 5.75 Å². The minimum atomic E-state index is -4.20. The van der Waals surface area contributed by atoms with Crippen LogP contribution < -0.4 is 14.4 Å². The zero-order valence-corrected chi connectivity index (χ0v) is 26.5. The van der Waals surface area contributed by atoms with Crippen molar-refractivity contribution in [3.63, 3.8) is 0 Å². The van der Waals surface area contributed by atoms with Crippen LogP contribution in [0.3, 0.4) is 0 Å². The molecule has 4 aromatic carbocycles. The molecule has 0 spiro atoms. The fourth-order valence-electron chi connectivity index (χ4n) is 4.77. The van der Waals surface area contributed by atoms with Gasteiger partial charge >= 0.3 is 0 Å². The molecule has 0 aliphatic heterocycles. The van der Waals surface area contributed by atoms with Gasteiger partial charge in [0.25, 0.3) is 10.0 Å². The Kier molecular flexibility index (Phi) is 11.0. The maximum Gasteiger partial charge on any atom is 0.264 e. The van der Waals surface area contributed by atoms with Crippen LogP contribution >= 0.6 is 11.6 Å². The van der Waals surface area contributed by atoms with Gasteiger partial charge in [-0.15, -0.1) is 0 Å². The quantitative estimate of drug-likeness (QED) is 0.206. The average molecular weight is 634 g/mol. The van der Waals surface area contributed by atoms with Gasteiger partial charge in [-0.05, 0) is 67.4 Å². The van der Waals surface area contributed by atoms with E-state index < -0.39 is 28.5 Å². The van der Waals surface area contributed by atoms with E-state index in [2.05, 4.69) is 5.32 Å². The van der Waals surface area contributed by atoms with Crippen molar-refractivity contribution in [2.45, 2.75) is 37.8 Å². The van der Waals surface area contributed by atoms with E-state index in [1.807, 2.05) is 37.3 Å². The van der Waals surface area contributed by atoms with Crippen LogP contribution in [0.1, 0.15) is 23.6 Å². The number of amides is 2. The SMILES string of the molecule is CCNC(=O)[C@@H](Cc1ccccc1)N(Cc1ccccc1Cl)C(=O)CN(c1ccc(OC)cc1)S(=O)(=O)c1ccc(C)cc1. The number of anilines is 1. The van der Waals surface area contributed by atoms with E-state index in [0.29, 0.717) is 22.9 Å². The standard InChI is InChI=1S/C34H36ClN3O5S/c1-4-36-34(40)32(22-26-10-6-5-7-11-26)37(23-27-12-8-9-13-31(27)35)33(39)24-38(28-16-18-29(43-3)19-17-28)44(41,42)30-20-14-25(2)15-21-30/h5-21,32H,4,22-24H2,1-3H3,(H,36,40)/t32-/m1/s1. The van der Waals surface area contributed by atoms with Crippen LogP contribution in [0, 0.1) is 6.92 Å². The molecule has 8 nitrogen and oxygen atoms in total. The third-order valence-electron chi connectivity index (χ3n) is 7.17. The van der Waals surface area contributed by atoms with Gasteiger partial charge in [0.15, 0.2) is 0 Å². The predicted molar refractivity (Wildman–Crippen MR) is 173 cm³/mol. The van der Waals surface area contributed by atoms with Crippen LogP contribution in [0.25, 0.3) is 0 Å². The van der Waals surface area contributed by atoms with Crippen LogP contribution in [0.4, 0.5) is 5.69 Å². The summed E-state index contributed by atoms with van der Waals surface area (Å²) < 4.78 is 34.5. The van der Waals surface area contributed by atoms with Gasteiger partial charge in [0.1, 0.15) is 18.3 Å². The number of carbonyl (C=O) groups excluding carboxylic acids is 2. The molecule has 0 radical (unpaired) electrons. The molecule has 4 aromatic rings. The fraction of sp³-hybridized carbons (Fsp3) is 0.235. The Hall–Kier alpha value is -4.34. The maximum atomic E-state index is 14.4. The van der Waals surface area contributed by atoms with Gasteiger partial charge < -0.3 is 15.0 Å². The van der Waals surface area contributed by atoms with Crippen molar-refractivity contribution >= 4 is 39.1 Å².